The number of ether oxygens (including phenoxy) is 1. The Hall–Kier alpha value is -3.31. The number of carbonyl (C=O) groups is 2. The molecule has 3 aromatic rings. The molecule has 148 valence electrons. The highest BCUT2D eigenvalue weighted by Gasteiger charge is 2.09. The lowest BCUT2D eigenvalue weighted by atomic mass is 10.1. The van der Waals surface area contributed by atoms with Gasteiger partial charge in [0.2, 0.25) is 5.91 Å². The van der Waals surface area contributed by atoms with Crippen LogP contribution in [0.1, 0.15) is 22.8 Å². The molecule has 2 amide bonds. The van der Waals surface area contributed by atoms with Crippen LogP contribution >= 0.6 is 11.6 Å². The minimum atomic E-state index is -0.220. The number of hydrogen-bond donors (Lipinski definition) is 1. The standard InChI is InChI=1S/C23H21ClN2O3/c1-16(27)26(2)21-11-9-20(10-12-21)25-23(28)18-6-3-5-17(13-18)15-29-22-8-4-7-19(24)14-22/h3-14H,15H2,1-2H3,(H,25,28). The average Bonchev–Trinajstić information content (AvgIpc) is 2.72. The van der Waals surface area contributed by atoms with E-state index in [1.54, 1.807) is 55.6 Å². The van der Waals surface area contributed by atoms with E-state index in [1.807, 2.05) is 24.3 Å². The smallest absolute Gasteiger partial charge is 0.255 e. The van der Waals surface area contributed by atoms with E-state index in [0.29, 0.717) is 28.6 Å². The molecule has 0 unspecified atom stereocenters. The Balaban J connectivity index is 1.64. The summed E-state index contributed by atoms with van der Waals surface area (Å²) in [7, 11) is 1.70. The summed E-state index contributed by atoms with van der Waals surface area (Å²) in [4.78, 5) is 25.5. The molecule has 6 heteroatoms. The van der Waals surface area contributed by atoms with Crippen LogP contribution in [0.2, 0.25) is 5.02 Å². The van der Waals surface area contributed by atoms with E-state index in [-0.39, 0.29) is 11.8 Å². The monoisotopic (exact) mass is 408 g/mol. The molecule has 0 spiro atoms. The highest BCUT2D eigenvalue weighted by Crippen LogP contribution is 2.20. The van der Waals surface area contributed by atoms with Crippen molar-refractivity contribution >= 4 is 34.8 Å². The lowest BCUT2D eigenvalue weighted by Gasteiger charge is -2.15. The molecule has 29 heavy (non-hydrogen) atoms. The number of amides is 2. The van der Waals surface area contributed by atoms with E-state index in [9.17, 15) is 9.59 Å². The van der Waals surface area contributed by atoms with Crippen molar-refractivity contribution in [3.63, 3.8) is 0 Å². The van der Waals surface area contributed by atoms with E-state index >= 15 is 0 Å². The van der Waals surface area contributed by atoms with E-state index in [2.05, 4.69) is 5.32 Å². The number of rotatable bonds is 6. The quantitative estimate of drug-likeness (QED) is 0.613. The Bertz CT molecular complexity index is 1020. The third kappa shape index (κ3) is 5.59. The average molecular weight is 409 g/mol. The lowest BCUT2D eigenvalue weighted by molar-refractivity contribution is -0.116. The van der Waals surface area contributed by atoms with Crippen molar-refractivity contribution in [3.8, 4) is 5.75 Å². The van der Waals surface area contributed by atoms with Gasteiger partial charge < -0.3 is 15.0 Å². The Labute approximate surface area is 174 Å². The molecule has 5 nitrogen and oxygen atoms in total. The fourth-order valence-corrected chi connectivity index (χ4v) is 2.86. The fourth-order valence-electron chi connectivity index (χ4n) is 2.68. The number of nitrogens with zero attached hydrogens (tertiary/aromatic N) is 1. The molecule has 0 heterocycles. The van der Waals surface area contributed by atoms with Crippen LogP contribution in [-0.2, 0) is 11.4 Å². The van der Waals surface area contributed by atoms with Crippen LogP contribution in [0.5, 0.6) is 5.75 Å². The zero-order valence-corrected chi connectivity index (χ0v) is 16.9. The topological polar surface area (TPSA) is 58.6 Å². The first-order valence-corrected chi connectivity index (χ1v) is 9.43. The first kappa shape index (κ1) is 20.4. The van der Waals surface area contributed by atoms with Gasteiger partial charge in [0.15, 0.2) is 0 Å². The number of hydrogen-bond acceptors (Lipinski definition) is 3. The van der Waals surface area contributed by atoms with Gasteiger partial charge in [-0.25, -0.2) is 0 Å². The van der Waals surface area contributed by atoms with Crippen LogP contribution in [0, 0.1) is 0 Å². The van der Waals surface area contributed by atoms with E-state index < -0.39 is 0 Å². The highest BCUT2D eigenvalue weighted by atomic mass is 35.5. The largest absolute Gasteiger partial charge is 0.489 e. The molecule has 0 bridgehead atoms. The molecule has 0 radical (unpaired) electrons. The van der Waals surface area contributed by atoms with Crippen molar-refractivity contribution in [2.45, 2.75) is 13.5 Å². The zero-order valence-electron chi connectivity index (χ0n) is 16.2. The minimum absolute atomic E-state index is 0.0569. The predicted octanol–water partition coefficient (Wildman–Crippen LogP) is 5.15. The predicted molar refractivity (Wildman–Crippen MR) is 116 cm³/mol. The Morgan fingerprint density at radius 1 is 1.00 bits per heavy atom. The molecular weight excluding hydrogens is 388 g/mol. The molecule has 3 rings (SSSR count). The summed E-state index contributed by atoms with van der Waals surface area (Å²) >= 11 is 5.96. The van der Waals surface area contributed by atoms with Gasteiger partial charge in [-0.05, 0) is 60.2 Å². The second kappa shape index (κ2) is 9.26. The summed E-state index contributed by atoms with van der Waals surface area (Å²) in [5.74, 6) is 0.392. The van der Waals surface area contributed by atoms with Gasteiger partial charge >= 0.3 is 0 Å². The van der Waals surface area contributed by atoms with Gasteiger partial charge in [-0.2, -0.15) is 0 Å². The molecule has 1 N–H and O–H groups in total. The third-order valence-electron chi connectivity index (χ3n) is 4.38. The Morgan fingerprint density at radius 3 is 2.41 bits per heavy atom. The number of halogens is 1. The molecule has 0 atom stereocenters. The summed E-state index contributed by atoms with van der Waals surface area (Å²) in [5.41, 5.74) is 2.81. The Kier molecular flexibility index (Phi) is 6.52. The summed E-state index contributed by atoms with van der Waals surface area (Å²) in [6.07, 6.45) is 0. The number of nitrogens with one attached hydrogen (secondary N) is 1. The minimum Gasteiger partial charge on any atom is -0.489 e. The van der Waals surface area contributed by atoms with Crippen LogP contribution in [0.4, 0.5) is 11.4 Å². The van der Waals surface area contributed by atoms with Crippen molar-refractivity contribution in [2.24, 2.45) is 0 Å². The third-order valence-corrected chi connectivity index (χ3v) is 4.61. The van der Waals surface area contributed by atoms with Crippen LogP contribution < -0.4 is 15.0 Å². The van der Waals surface area contributed by atoms with Gasteiger partial charge in [0.05, 0.1) is 0 Å². The van der Waals surface area contributed by atoms with Gasteiger partial charge in [0.25, 0.3) is 5.91 Å². The van der Waals surface area contributed by atoms with Gasteiger partial charge in [-0.15, -0.1) is 0 Å². The molecule has 0 saturated carbocycles. The van der Waals surface area contributed by atoms with Gasteiger partial charge in [0.1, 0.15) is 12.4 Å². The van der Waals surface area contributed by atoms with E-state index in [0.717, 1.165) is 11.3 Å². The van der Waals surface area contributed by atoms with Crippen LogP contribution in [0.25, 0.3) is 0 Å². The first-order valence-electron chi connectivity index (χ1n) is 9.05. The highest BCUT2D eigenvalue weighted by molar-refractivity contribution is 6.30. The molecule has 0 aliphatic carbocycles. The maximum atomic E-state index is 12.6. The molecule has 0 aromatic heterocycles. The van der Waals surface area contributed by atoms with E-state index in [4.69, 9.17) is 16.3 Å². The maximum absolute atomic E-state index is 12.6. The van der Waals surface area contributed by atoms with Crippen LogP contribution in [0.3, 0.4) is 0 Å². The summed E-state index contributed by atoms with van der Waals surface area (Å²) in [6, 6.07) is 21.5. The molecule has 0 aliphatic heterocycles. The zero-order chi connectivity index (χ0) is 20.8. The van der Waals surface area contributed by atoms with Crippen molar-refractivity contribution < 1.29 is 14.3 Å². The normalized spacial score (nSPS) is 10.3. The van der Waals surface area contributed by atoms with Crippen molar-refractivity contribution in [1.29, 1.82) is 0 Å². The molecule has 0 saturated heterocycles. The SMILES string of the molecule is CC(=O)N(C)c1ccc(NC(=O)c2cccc(COc3cccc(Cl)c3)c2)cc1. The summed E-state index contributed by atoms with van der Waals surface area (Å²) in [5, 5.41) is 3.47. The first-order chi connectivity index (χ1) is 13.9. The molecule has 0 fully saturated rings. The van der Waals surface area contributed by atoms with Crippen LogP contribution in [0.15, 0.2) is 72.8 Å². The van der Waals surface area contributed by atoms with Gasteiger partial charge in [-0.3, -0.25) is 9.59 Å². The maximum Gasteiger partial charge on any atom is 0.255 e. The van der Waals surface area contributed by atoms with Crippen molar-refractivity contribution in [2.75, 3.05) is 17.3 Å². The molecular formula is C23H21ClN2O3. The van der Waals surface area contributed by atoms with E-state index in [1.165, 1.54) is 11.8 Å². The van der Waals surface area contributed by atoms with Gasteiger partial charge in [0, 0.05) is 35.9 Å². The van der Waals surface area contributed by atoms with Crippen LogP contribution in [-0.4, -0.2) is 18.9 Å². The lowest BCUT2D eigenvalue weighted by Crippen LogP contribution is -2.22. The Morgan fingerprint density at radius 2 is 1.72 bits per heavy atom. The number of benzene rings is 3. The second-order valence-electron chi connectivity index (χ2n) is 6.53. The summed E-state index contributed by atoms with van der Waals surface area (Å²) in [6.45, 7) is 1.83. The van der Waals surface area contributed by atoms with Gasteiger partial charge in [-0.1, -0.05) is 29.8 Å². The number of carbonyl (C=O) groups excluding carboxylic acids is 2. The molecule has 3 aromatic carbocycles. The second-order valence-corrected chi connectivity index (χ2v) is 6.96. The molecule has 0 aliphatic rings. The van der Waals surface area contributed by atoms with Crippen molar-refractivity contribution in [3.05, 3.63) is 88.9 Å². The van der Waals surface area contributed by atoms with Crippen molar-refractivity contribution in [1.82, 2.24) is 0 Å². The summed E-state index contributed by atoms with van der Waals surface area (Å²) < 4.78 is 5.73. The number of anilines is 2. The fraction of sp³-hybridized carbons (Fsp3) is 0.130.